The number of fused-ring (bicyclic) bond motifs is 5. The molecule has 0 saturated heterocycles. The van der Waals surface area contributed by atoms with E-state index < -0.39 is 11.7 Å². The summed E-state index contributed by atoms with van der Waals surface area (Å²) in [5.74, 6) is 1.02. The van der Waals surface area contributed by atoms with Crippen LogP contribution >= 0.6 is 0 Å². The number of nitrogens with zero attached hydrogens (tertiary/aromatic N) is 1. The van der Waals surface area contributed by atoms with Gasteiger partial charge in [0.25, 0.3) is 0 Å². The first kappa shape index (κ1) is 24.5. The van der Waals surface area contributed by atoms with Crippen LogP contribution in [0.5, 0.6) is 0 Å². The zero-order valence-corrected chi connectivity index (χ0v) is 21.4. The maximum atomic E-state index is 12.6. The van der Waals surface area contributed by atoms with Gasteiger partial charge in [0.05, 0.1) is 17.4 Å². The molecule has 1 aromatic rings. The highest BCUT2D eigenvalue weighted by molar-refractivity contribution is 5.92. The first-order chi connectivity index (χ1) is 16.7. The SMILES string of the molecule is COC1(/C(C)=N/O)[C@H](O)C[C@H]2[C@@H]3CC=C4C[C@@H](OC(=O)c5ccccc5)CC[C@]4(C)[C@H]3CC[C@@]21C. The lowest BCUT2D eigenvalue weighted by atomic mass is 9.46. The molecule has 0 spiro atoms. The molecule has 3 saturated carbocycles. The Balaban J connectivity index is 1.38. The minimum Gasteiger partial charge on any atom is -0.458 e. The summed E-state index contributed by atoms with van der Waals surface area (Å²) >= 11 is 0. The molecule has 0 heterocycles. The summed E-state index contributed by atoms with van der Waals surface area (Å²) in [6.07, 6.45) is 7.93. The van der Waals surface area contributed by atoms with E-state index in [4.69, 9.17) is 9.47 Å². The van der Waals surface area contributed by atoms with Gasteiger partial charge in [-0.05, 0) is 80.8 Å². The van der Waals surface area contributed by atoms with Crippen molar-refractivity contribution in [2.45, 2.75) is 83.5 Å². The monoisotopic (exact) mass is 481 g/mol. The highest BCUT2D eigenvalue weighted by Crippen LogP contribution is 2.68. The number of aliphatic hydroxyl groups is 1. The first-order valence-corrected chi connectivity index (χ1v) is 13.1. The van der Waals surface area contributed by atoms with Crippen LogP contribution in [0.3, 0.4) is 0 Å². The topological polar surface area (TPSA) is 88.3 Å². The van der Waals surface area contributed by atoms with Gasteiger partial charge in [0.1, 0.15) is 11.7 Å². The first-order valence-electron chi connectivity index (χ1n) is 13.1. The van der Waals surface area contributed by atoms with Crippen molar-refractivity contribution in [3.63, 3.8) is 0 Å². The number of aliphatic hydroxyl groups excluding tert-OH is 1. The molecule has 0 aromatic heterocycles. The number of carbonyl (C=O) groups is 1. The van der Waals surface area contributed by atoms with Gasteiger partial charge in [-0.3, -0.25) is 0 Å². The lowest BCUT2D eigenvalue weighted by molar-refractivity contribution is -0.131. The predicted molar refractivity (Wildman–Crippen MR) is 133 cm³/mol. The molecule has 0 aliphatic heterocycles. The lowest BCUT2D eigenvalue weighted by Crippen LogP contribution is -2.60. The fraction of sp³-hybridized carbons (Fsp3) is 0.655. The van der Waals surface area contributed by atoms with Crippen LogP contribution in [0.4, 0.5) is 0 Å². The molecule has 4 aliphatic rings. The molecule has 4 aliphatic carbocycles. The Labute approximate surface area is 208 Å². The second-order valence-electron chi connectivity index (χ2n) is 11.7. The minimum atomic E-state index is -0.953. The number of rotatable bonds is 4. The smallest absolute Gasteiger partial charge is 0.338 e. The van der Waals surface area contributed by atoms with Crippen molar-refractivity contribution in [2.24, 2.45) is 33.7 Å². The number of hydrogen-bond acceptors (Lipinski definition) is 6. The van der Waals surface area contributed by atoms with Crippen molar-refractivity contribution in [2.75, 3.05) is 7.11 Å². The van der Waals surface area contributed by atoms with E-state index in [-0.39, 0.29) is 28.8 Å². The molecule has 6 heteroatoms. The predicted octanol–water partition coefficient (Wildman–Crippen LogP) is 5.38. The van der Waals surface area contributed by atoms with Crippen molar-refractivity contribution in [3.05, 3.63) is 47.5 Å². The summed E-state index contributed by atoms with van der Waals surface area (Å²) in [5.41, 5.74) is 1.35. The summed E-state index contributed by atoms with van der Waals surface area (Å²) in [5, 5.41) is 24.4. The van der Waals surface area contributed by atoms with Gasteiger partial charge < -0.3 is 19.8 Å². The fourth-order valence-electron chi connectivity index (χ4n) is 8.77. The van der Waals surface area contributed by atoms with Crippen LogP contribution in [-0.2, 0) is 9.47 Å². The van der Waals surface area contributed by atoms with Crippen LogP contribution in [0.15, 0.2) is 47.1 Å². The van der Waals surface area contributed by atoms with Crippen LogP contribution in [0, 0.1) is 28.6 Å². The molecule has 0 amide bonds. The second kappa shape index (κ2) is 8.74. The zero-order chi connectivity index (χ0) is 25.0. The van der Waals surface area contributed by atoms with Gasteiger partial charge >= 0.3 is 5.97 Å². The average molecular weight is 482 g/mol. The van der Waals surface area contributed by atoms with Crippen LogP contribution in [0.1, 0.15) is 76.1 Å². The van der Waals surface area contributed by atoms with Crippen molar-refractivity contribution in [3.8, 4) is 0 Å². The molecule has 0 bridgehead atoms. The maximum Gasteiger partial charge on any atom is 0.338 e. The van der Waals surface area contributed by atoms with E-state index in [1.54, 1.807) is 26.2 Å². The van der Waals surface area contributed by atoms with Gasteiger partial charge in [-0.1, -0.05) is 48.9 Å². The van der Waals surface area contributed by atoms with Crippen LogP contribution < -0.4 is 0 Å². The highest BCUT2D eigenvalue weighted by Gasteiger charge is 2.69. The number of oxime groups is 1. The normalized spacial score (nSPS) is 42.9. The number of allylic oxidation sites excluding steroid dienone is 1. The molecule has 8 atom stereocenters. The van der Waals surface area contributed by atoms with E-state index in [1.807, 2.05) is 18.2 Å². The van der Waals surface area contributed by atoms with Gasteiger partial charge in [0.2, 0.25) is 0 Å². The Hall–Kier alpha value is -2.18. The van der Waals surface area contributed by atoms with E-state index in [0.717, 1.165) is 38.5 Å². The van der Waals surface area contributed by atoms with Gasteiger partial charge in [0.15, 0.2) is 0 Å². The van der Waals surface area contributed by atoms with Gasteiger partial charge in [-0.25, -0.2) is 4.79 Å². The molecule has 35 heavy (non-hydrogen) atoms. The summed E-state index contributed by atoms with van der Waals surface area (Å²) in [4.78, 5) is 12.6. The third-order valence-electron chi connectivity index (χ3n) is 10.5. The molecule has 0 radical (unpaired) electrons. The molecular formula is C29H39NO5. The van der Waals surface area contributed by atoms with Crippen LogP contribution in [0.2, 0.25) is 0 Å². The Morgan fingerprint density at radius 1 is 1.11 bits per heavy atom. The number of ether oxygens (including phenoxy) is 2. The maximum absolute atomic E-state index is 12.6. The number of benzene rings is 1. The largest absolute Gasteiger partial charge is 0.458 e. The average Bonchev–Trinajstić information content (AvgIpc) is 3.10. The van der Waals surface area contributed by atoms with Crippen LogP contribution in [-0.4, -0.2) is 46.9 Å². The number of esters is 1. The lowest BCUT2D eigenvalue weighted by Gasteiger charge is -2.59. The molecule has 1 aromatic carbocycles. The van der Waals surface area contributed by atoms with Crippen molar-refractivity contribution >= 4 is 11.7 Å². The Bertz CT molecular complexity index is 1040. The third kappa shape index (κ3) is 3.43. The number of carbonyl (C=O) groups excluding carboxylic acids is 1. The molecule has 3 fully saturated rings. The van der Waals surface area contributed by atoms with Crippen LogP contribution in [0.25, 0.3) is 0 Å². The standard InChI is InChI=1S/C29H39NO5/c1-18(30-33)29(34-4)25(31)17-24-22-11-10-20-16-21(35-26(32)19-8-6-5-7-9-19)12-14-27(20,2)23(22)13-15-28(24,29)3/h5-10,21-25,31,33H,11-17H2,1-4H3/b30-18+/t21-,22+,23-,24-,25+,27-,28-,29?/m0/s1. The third-order valence-corrected chi connectivity index (χ3v) is 10.5. The van der Waals surface area contributed by atoms with E-state index in [9.17, 15) is 15.1 Å². The number of hydrogen-bond donors (Lipinski definition) is 2. The highest BCUT2D eigenvalue weighted by atomic mass is 16.5. The van der Waals surface area contributed by atoms with Crippen molar-refractivity contribution in [1.29, 1.82) is 0 Å². The summed E-state index contributed by atoms with van der Waals surface area (Å²) < 4.78 is 12.0. The molecule has 6 nitrogen and oxygen atoms in total. The van der Waals surface area contributed by atoms with E-state index in [1.165, 1.54) is 5.57 Å². The van der Waals surface area contributed by atoms with Crippen molar-refractivity contribution in [1.82, 2.24) is 0 Å². The minimum absolute atomic E-state index is 0.0784. The zero-order valence-electron chi connectivity index (χ0n) is 21.4. The van der Waals surface area contributed by atoms with E-state index in [2.05, 4.69) is 25.1 Å². The van der Waals surface area contributed by atoms with E-state index >= 15 is 0 Å². The van der Waals surface area contributed by atoms with Gasteiger partial charge in [0, 0.05) is 18.9 Å². The fourth-order valence-corrected chi connectivity index (χ4v) is 8.77. The second-order valence-corrected chi connectivity index (χ2v) is 11.7. The van der Waals surface area contributed by atoms with Gasteiger partial charge in [-0.2, -0.15) is 0 Å². The molecule has 1 unspecified atom stereocenters. The Kier molecular flexibility index (Phi) is 6.12. The van der Waals surface area contributed by atoms with Gasteiger partial charge in [-0.15, -0.1) is 0 Å². The van der Waals surface area contributed by atoms with E-state index in [0.29, 0.717) is 29.5 Å². The molecular weight excluding hydrogens is 442 g/mol. The molecule has 2 N–H and O–H groups in total. The Morgan fingerprint density at radius 2 is 1.86 bits per heavy atom. The number of methoxy groups -OCH3 is 1. The summed E-state index contributed by atoms with van der Waals surface area (Å²) in [7, 11) is 1.63. The molecule has 5 rings (SSSR count). The summed E-state index contributed by atoms with van der Waals surface area (Å²) in [6.45, 7) is 6.40. The Morgan fingerprint density at radius 3 is 2.54 bits per heavy atom. The quantitative estimate of drug-likeness (QED) is 0.198. The van der Waals surface area contributed by atoms with Crippen molar-refractivity contribution < 1.29 is 24.6 Å². The molecule has 190 valence electrons. The summed E-state index contributed by atoms with van der Waals surface area (Å²) in [6, 6.07) is 9.23.